The average Bonchev–Trinajstić information content (AvgIpc) is 2.71. The summed E-state index contributed by atoms with van der Waals surface area (Å²) in [6, 6.07) is 18.7. The fourth-order valence-electron chi connectivity index (χ4n) is 2.61. The van der Waals surface area contributed by atoms with Gasteiger partial charge in [0.25, 0.3) is 10.0 Å². The first-order valence-corrected chi connectivity index (χ1v) is 11.7. The number of aryl methyl sites for hydroxylation is 1. The molecule has 0 aliphatic carbocycles. The van der Waals surface area contributed by atoms with Crippen LogP contribution in [0.4, 0.5) is 17.1 Å². The molecule has 0 saturated heterocycles. The van der Waals surface area contributed by atoms with E-state index in [2.05, 4.69) is 22.3 Å². The van der Waals surface area contributed by atoms with Crippen molar-refractivity contribution in [2.45, 2.75) is 18.2 Å². The maximum absolute atomic E-state index is 12.6. The Morgan fingerprint density at radius 3 is 1.90 bits per heavy atom. The van der Waals surface area contributed by atoms with Gasteiger partial charge in [-0.1, -0.05) is 42.3 Å². The molecule has 0 aromatic heterocycles. The number of benzene rings is 3. The highest BCUT2D eigenvalue weighted by Gasteiger charge is 2.15. The van der Waals surface area contributed by atoms with Crippen molar-refractivity contribution >= 4 is 67.6 Å². The molecule has 0 amide bonds. The maximum atomic E-state index is 12.6. The van der Waals surface area contributed by atoms with Gasteiger partial charge in [0.15, 0.2) is 5.11 Å². The Morgan fingerprint density at radius 2 is 1.37 bits per heavy atom. The Bertz CT molecular complexity index is 1150. The minimum atomic E-state index is -3.77. The molecule has 0 atom stereocenters. The lowest BCUT2D eigenvalue weighted by Gasteiger charge is -2.12. The Hall–Kier alpha value is -2.32. The summed E-state index contributed by atoms with van der Waals surface area (Å²) in [6.45, 7) is 2.10. The van der Waals surface area contributed by atoms with E-state index in [0.717, 1.165) is 12.1 Å². The van der Waals surface area contributed by atoms with E-state index in [1.54, 1.807) is 18.2 Å². The highest BCUT2D eigenvalue weighted by atomic mass is 35.5. The standard InChI is InChI=1S/C21H19Cl2N3O2S2/c1-2-14-3-5-15(6-4-14)24-21(29)25-16-7-10-18(11-8-16)30(27,28)26-17-9-12-19(22)20(23)13-17/h3-13,26H,2H2,1H3,(H2,24,25,29). The van der Waals surface area contributed by atoms with E-state index in [1.807, 2.05) is 24.3 Å². The molecule has 0 heterocycles. The molecule has 0 fully saturated rings. The van der Waals surface area contributed by atoms with Gasteiger partial charge in [0.05, 0.1) is 20.6 Å². The van der Waals surface area contributed by atoms with Gasteiger partial charge in [-0.25, -0.2) is 8.42 Å². The Morgan fingerprint density at radius 1 is 0.833 bits per heavy atom. The number of hydrogen-bond acceptors (Lipinski definition) is 3. The zero-order valence-corrected chi connectivity index (χ0v) is 19.1. The summed E-state index contributed by atoms with van der Waals surface area (Å²) in [5.41, 5.74) is 3.10. The van der Waals surface area contributed by atoms with Crippen LogP contribution >= 0.6 is 35.4 Å². The van der Waals surface area contributed by atoms with Gasteiger partial charge in [0.1, 0.15) is 0 Å². The average molecular weight is 480 g/mol. The van der Waals surface area contributed by atoms with E-state index in [0.29, 0.717) is 21.5 Å². The van der Waals surface area contributed by atoms with Gasteiger partial charge in [-0.15, -0.1) is 0 Å². The van der Waals surface area contributed by atoms with Gasteiger partial charge in [-0.3, -0.25) is 4.72 Å². The van der Waals surface area contributed by atoms with Crippen LogP contribution < -0.4 is 15.4 Å². The summed E-state index contributed by atoms with van der Waals surface area (Å²) < 4.78 is 27.6. The van der Waals surface area contributed by atoms with Crippen molar-refractivity contribution < 1.29 is 8.42 Å². The normalized spacial score (nSPS) is 11.0. The van der Waals surface area contributed by atoms with E-state index < -0.39 is 10.0 Å². The third kappa shape index (κ3) is 5.86. The molecule has 0 saturated carbocycles. The number of sulfonamides is 1. The van der Waals surface area contributed by atoms with Crippen molar-refractivity contribution in [3.8, 4) is 0 Å². The van der Waals surface area contributed by atoms with Crippen LogP contribution in [0, 0.1) is 0 Å². The quantitative estimate of drug-likeness (QED) is 0.369. The fourth-order valence-corrected chi connectivity index (χ4v) is 4.19. The van der Waals surface area contributed by atoms with Crippen molar-refractivity contribution in [2.24, 2.45) is 0 Å². The number of thiocarbonyl (C=S) groups is 1. The Kier molecular flexibility index (Phi) is 7.20. The summed E-state index contributed by atoms with van der Waals surface area (Å²) >= 11 is 17.1. The lowest BCUT2D eigenvalue weighted by molar-refractivity contribution is 0.601. The van der Waals surface area contributed by atoms with Gasteiger partial charge in [0.2, 0.25) is 0 Å². The van der Waals surface area contributed by atoms with Crippen molar-refractivity contribution in [1.29, 1.82) is 0 Å². The molecule has 0 unspecified atom stereocenters. The van der Waals surface area contributed by atoms with Crippen LogP contribution in [-0.2, 0) is 16.4 Å². The van der Waals surface area contributed by atoms with Crippen LogP contribution in [0.25, 0.3) is 0 Å². The van der Waals surface area contributed by atoms with Crippen LogP contribution in [0.3, 0.4) is 0 Å². The third-order valence-electron chi connectivity index (χ3n) is 4.21. The van der Waals surface area contributed by atoms with Crippen LogP contribution in [0.15, 0.2) is 71.6 Å². The van der Waals surface area contributed by atoms with Gasteiger partial charge >= 0.3 is 0 Å². The molecular weight excluding hydrogens is 461 g/mol. The Balaban J connectivity index is 1.64. The summed E-state index contributed by atoms with van der Waals surface area (Å²) in [4.78, 5) is 0.105. The predicted octanol–water partition coefficient (Wildman–Crippen LogP) is 6.17. The van der Waals surface area contributed by atoms with Crippen LogP contribution in [0.5, 0.6) is 0 Å². The molecule has 0 bridgehead atoms. The summed E-state index contributed by atoms with van der Waals surface area (Å²) in [5, 5.41) is 7.15. The molecule has 0 aliphatic rings. The molecule has 0 radical (unpaired) electrons. The monoisotopic (exact) mass is 479 g/mol. The van der Waals surface area contributed by atoms with Crippen LogP contribution in [0.2, 0.25) is 10.0 Å². The number of halogens is 2. The minimum absolute atomic E-state index is 0.105. The van der Waals surface area contributed by atoms with Crippen LogP contribution in [-0.4, -0.2) is 13.5 Å². The van der Waals surface area contributed by atoms with E-state index in [1.165, 1.54) is 29.8 Å². The summed E-state index contributed by atoms with van der Waals surface area (Å²) in [7, 11) is -3.77. The van der Waals surface area contributed by atoms with Gasteiger partial charge < -0.3 is 10.6 Å². The molecule has 5 nitrogen and oxygen atoms in total. The van der Waals surface area contributed by atoms with Gasteiger partial charge in [-0.05, 0) is 78.8 Å². The van der Waals surface area contributed by atoms with Gasteiger partial charge in [0, 0.05) is 11.4 Å². The molecule has 156 valence electrons. The maximum Gasteiger partial charge on any atom is 0.261 e. The molecule has 3 N–H and O–H groups in total. The molecular formula is C21H19Cl2N3O2S2. The lowest BCUT2D eigenvalue weighted by atomic mass is 10.1. The Labute approximate surface area is 191 Å². The molecule has 0 spiro atoms. The second-order valence-corrected chi connectivity index (χ2v) is 9.29. The van der Waals surface area contributed by atoms with Crippen molar-refractivity contribution in [2.75, 3.05) is 15.4 Å². The molecule has 30 heavy (non-hydrogen) atoms. The molecule has 9 heteroatoms. The third-order valence-corrected chi connectivity index (χ3v) is 6.55. The number of nitrogens with one attached hydrogen (secondary N) is 3. The highest BCUT2D eigenvalue weighted by Crippen LogP contribution is 2.26. The summed E-state index contributed by atoms with van der Waals surface area (Å²) in [6.07, 6.45) is 0.970. The SMILES string of the molecule is CCc1ccc(NC(=S)Nc2ccc(S(=O)(=O)Nc3ccc(Cl)c(Cl)c3)cc2)cc1. The minimum Gasteiger partial charge on any atom is -0.332 e. The second kappa shape index (κ2) is 9.66. The van der Waals surface area contributed by atoms with Crippen molar-refractivity contribution in [3.05, 3.63) is 82.3 Å². The van der Waals surface area contributed by atoms with Crippen molar-refractivity contribution in [1.82, 2.24) is 0 Å². The smallest absolute Gasteiger partial charge is 0.261 e. The summed E-state index contributed by atoms with van der Waals surface area (Å²) in [5.74, 6) is 0. The first kappa shape index (κ1) is 22.4. The van der Waals surface area contributed by atoms with E-state index in [4.69, 9.17) is 35.4 Å². The predicted molar refractivity (Wildman–Crippen MR) is 129 cm³/mol. The fraction of sp³-hybridized carbons (Fsp3) is 0.0952. The first-order chi connectivity index (χ1) is 14.3. The largest absolute Gasteiger partial charge is 0.332 e. The first-order valence-electron chi connectivity index (χ1n) is 9.02. The number of rotatable bonds is 6. The lowest BCUT2D eigenvalue weighted by Crippen LogP contribution is -2.19. The molecule has 3 rings (SSSR count). The zero-order valence-electron chi connectivity index (χ0n) is 15.9. The highest BCUT2D eigenvalue weighted by molar-refractivity contribution is 7.92. The number of anilines is 3. The second-order valence-electron chi connectivity index (χ2n) is 6.39. The topological polar surface area (TPSA) is 70.2 Å². The van der Waals surface area contributed by atoms with Crippen molar-refractivity contribution in [3.63, 3.8) is 0 Å². The number of hydrogen-bond donors (Lipinski definition) is 3. The molecule has 0 aliphatic heterocycles. The molecule has 3 aromatic rings. The zero-order chi connectivity index (χ0) is 21.7. The van der Waals surface area contributed by atoms with Crippen LogP contribution in [0.1, 0.15) is 12.5 Å². The van der Waals surface area contributed by atoms with E-state index >= 15 is 0 Å². The van der Waals surface area contributed by atoms with E-state index in [-0.39, 0.29) is 9.92 Å². The van der Waals surface area contributed by atoms with Gasteiger partial charge in [-0.2, -0.15) is 0 Å². The molecule has 3 aromatic carbocycles. The van der Waals surface area contributed by atoms with E-state index in [9.17, 15) is 8.42 Å².